The average molecular weight is 277 g/mol. The first kappa shape index (κ1) is 13.0. The zero-order valence-corrected chi connectivity index (χ0v) is 11.6. The summed E-state index contributed by atoms with van der Waals surface area (Å²) in [5, 5.41) is 10.8. The molecule has 1 aliphatic heterocycles. The predicted molar refractivity (Wildman–Crippen MR) is 72.2 cm³/mol. The van der Waals surface area contributed by atoms with E-state index in [1.54, 1.807) is 6.33 Å². The lowest BCUT2D eigenvalue weighted by molar-refractivity contribution is 0.242. The number of aryl methyl sites for hydroxylation is 1. The topological polar surface area (TPSA) is 87.0 Å². The maximum absolute atomic E-state index is 5.23. The van der Waals surface area contributed by atoms with Crippen molar-refractivity contribution in [3.63, 3.8) is 0 Å². The van der Waals surface area contributed by atoms with Crippen molar-refractivity contribution in [3.05, 3.63) is 18.0 Å². The molecule has 20 heavy (non-hydrogen) atoms. The molecule has 2 aromatic heterocycles. The molecule has 1 aliphatic rings. The molecule has 3 rings (SSSR count). The number of aromatic amines is 1. The second kappa shape index (κ2) is 6.00. The third-order valence-corrected chi connectivity index (χ3v) is 3.41. The summed E-state index contributed by atoms with van der Waals surface area (Å²) in [6, 6.07) is 0. The van der Waals surface area contributed by atoms with Crippen LogP contribution < -0.4 is 4.90 Å². The summed E-state index contributed by atoms with van der Waals surface area (Å²) in [5.41, 5.74) is 0. The minimum absolute atomic E-state index is 0.716. The minimum Gasteiger partial charge on any atom is -0.337 e. The zero-order chi connectivity index (χ0) is 13.8. The molecule has 0 amide bonds. The predicted octanol–water partition coefficient (Wildman–Crippen LogP) is 0.462. The van der Waals surface area contributed by atoms with E-state index < -0.39 is 0 Å². The van der Waals surface area contributed by atoms with Gasteiger partial charge in [-0.25, -0.2) is 4.98 Å². The van der Waals surface area contributed by atoms with Gasteiger partial charge in [-0.2, -0.15) is 10.1 Å². The molecule has 0 unspecified atom stereocenters. The first-order chi connectivity index (χ1) is 9.85. The van der Waals surface area contributed by atoms with Crippen molar-refractivity contribution < 1.29 is 4.52 Å². The molecule has 0 saturated carbocycles. The smallest absolute Gasteiger partial charge is 0.266 e. The van der Waals surface area contributed by atoms with Crippen LogP contribution in [0.2, 0.25) is 0 Å². The lowest BCUT2D eigenvalue weighted by atomic mass is 10.3. The lowest BCUT2D eigenvalue weighted by Crippen LogP contribution is -2.46. The van der Waals surface area contributed by atoms with Gasteiger partial charge in [-0.3, -0.25) is 10.00 Å². The number of hydrogen-bond acceptors (Lipinski definition) is 7. The molecular weight excluding hydrogens is 258 g/mol. The molecule has 108 valence electrons. The number of anilines is 1. The minimum atomic E-state index is 0.716. The van der Waals surface area contributed by atoms with E-state index in [4.69, 9.17) is 4.52 Å². The quantitative estimate of drug-likeness (QED) is 0.849. The highest BCUT2D eigenvalue weighted by Crippen LogP contribution is 2.14. The molecule has 0 radical (unpaired) electrons. The zero-order valence-electron chi connectivity index (χ0n) is 11.6. The second-order valence-electron chi connectivity index (χ2n) is 4.93. The van der Waals surface area contributed by atoms with Gasteiger partial charge in [0, 0.05) is 32.6 Å². The summed E-state index contributed by atoms with van der Waals surface area (Å²) in [6.07, 6.45) is 3.41. The van der Waals surface area contributed by atoms with E-state index in [0.717, 1.165) is 57.3 Å². The van der Waals surface area contributed by atoms with Gasteiger partial charge in [0.05, 0.1) is 6.54 Å². The van der Waals surface area contributed by atoms with Crippen molar-refractivity contribution in [1.82, 2.24) is 30.2 Å². The van der Waals surface area contributed by atoms with Gasteiger partial charge in [0.15, 0.2) is 0 Å². The molecule has 1 N–H and O–H groups in total. The van der Waals surface area contributed by atoms with Crippen LogP contribution in [0.3, 0.4) is 0 Å². The molecule has 0 spiro atoms. The highest BCUT2D eigenvalue weighted by molar-refractivity contribution is 5.28. The summed E-state index contributed by atoms with van der Waals surface area (Å²) < 4.78 is 5.23. The Morgan fingerprint density at radius 1 is 1.30 bits per heavy atom. The highest BCUT2D eigenvalue weighted by Gasteiger charge is 2.21. The van der Waals surface area contributed by atoms with Gasteiger partial charge in [-0.15, -0.1) is 0 Å². The number of piperazine rings is 1. The normalized spacial score (nSPS) is 16.8. The molecule has 0 bridgehead atoms. The Morgan fingerprint density at radius 2 is 2.15 bits per heavy atom. The molecule has 1 saturated heterocycles. The van der Waals surface area contributed by atoms with Crippen molar-refractivity contribution in [2.75, 3.05) is 31.1 Å². The fourth-order valence-electron chi connectivity index (χ4n) is 2.31. The summed E-state index contributed by atoms with van der Waals surface area (Å²) in [7, 11) is 0. The Kier molecular flexibility index (Phi) is 3.91. The number of hydrogen-bond donors (Lipinski definition) is 1. The van der Waals surface area contributed by atoms with Crippen LogP contribution >= 0.6 is 0 Å². The summed E-state index contributed by atoms with van der Waals surface area (Å²) in [6.45, 7) is 6.63. The first-order valence-electron chi connectivity index (χ1n) is 6.99. The van der Waals surface area contributed by atoms with E-state index >= 15 is 0 Å². The average Bonchev–Trinajstić information content (AvgIpc) is 3.12. The Hall–Kier alpha value is -1.96. The largest absolute Gasteiger partial charge is 0.337 e. The number of nitrogens with one attached hydrogen (secondary N) is 1. The van der Waals surface area contributed by atoms with Crippen molar-refractivity contribution >= 4 is 5.95 Å². The lowest BCUT2D eigenvalue weighted by Gasteiger charge is -2.33. The van der Waals surface area contributed by atoms with Crippen LogP contribution in [-0.4, -0.2) is 56.4 Å². The fourth-order valence-corrected chi connectivity index (χ4v) is 2.31. The summed E-state index contributed by atoms with van der Waals surface area (Å²) in [4.78, 5) is 13.1. The van der Waals surface area contributed by atoms with E-state index in [0.29, 0.717) is 5.95 Å². The molecular formula is C12H19N7O. The van der Waals surface area contributed by atoms with Gasteiger partial charge in [0.2, 0.25) is 5.89 Å². The van der Waals surface area contributed by atoms with Crippen LogP contribution in [0, 0.1) is 0 Å². The van der Waals surface area contributed by atoms with Crippen LogP contribution in [0.1, 0.15) is 25.1 Å². The maximum atomic E-state index is 5.23. The molecule has 8 nitrogen and oxygen atoms in total. The van der Waals surface area contributed by atoms with Crippen LogP contribution in [0.15, 0.2) is 10.9 Å². The Balaban J connectivity index is 1.52. The van der Waals surface area contributed by atoms with Crippen molar-refractivity contribution in [2.24, 2.45) is 0 Å². The highest BCUT2D eigenvalue weighted by atomic mass is 16.5. The number of H-pyrrole nitrogens is 1. The van der Waals surface area contributed by atoms with Crippen molar-refractivity contribution in [2.45, 2.75) is 26.3 Å². The van der Waals surface area contributed by atoms with E-state index in [2.05, 4.69) is 42.0 Å². The van der Waals surface area contributed by atoms with Gasteiger partial charge in [0.25, 0.3) is 5.95 Å². The van der Waals surface area contributed by atoms with Crippen LogP contribution in [-0.2, 0) is 13.0 Å². The summed E-state index contributed by atoms with van der Waals surface area (Å²) in [5.74, 6) is 2.35. The monoisotopic (exact) mass is 277 g/mol. The van der Waals surface area contributed by atoms with Gasteiger partial charge in [-0.1, -0.05) is 6.92 Å². The fraction of sp³-hybridized carbons (Fsp3) is 0.667. The van der Waals surface area contributed by atoms with Crippen LogP contribution in [0.4, 0.5) is 5.95 Å². The van der Waals surface area contributed by atoms with Crippen molar-refractivity contribution in [3.8, 4) is 0 Å². The van der Waals surface area contributed by atoms with Crippen LogP contribution in [0.5, 0.6) is 0 Å². The van der Waals surface area contributed by atoms with E-state index in [1.165, 1.54) is 0 Å². The third-order valence-electron chi connectivity index (χ3n) is 3.41. The number of aromatic nitrogens is 5. The van der Waals surface area contributed by atoms with Gasteiger partial charge >= 0.3 is 0 Å². The van der Waals surface area contributed by atoms with Crippen LogP contribution in [0.25, 0.3) is 0 Å². The van der Waals surface area contributed by atoms with Crippen molar-refractivity contribution in [1.29, 1.82) is 0 Å². The SMILES string of the molecule is CCCc1nc(N2CCN(Cc3ncn[nH]3)CC2)no1. The Bertz CT molecular complexity index is 516. The standard InChI is InChI=1S/C12H19N7O/c1-2-3-11-15-12(17-20-11)19-6-4-18(5-7-19)8-10-13-9-14-16-10/h9H,2-8H2,1H3,(H,13,14,16). The van der Waals surface area contributed by atoms with Gasteiger partial charge in [0.1, 0.15) is 12.2 Å². The molecule has 8 heteroatoms. The molecule has 2 aromatic rings. The molecule has 3 heterocycles. The molecule has 1 fully saturated rings. The number of rotatable bonds is 5. The molecule has 0 aromatic carbocycles. The van der Waals surface area contributed by atoms with E-state index in [-0.39, 0.29) is 0 Å². The van der Waals surface area contributed by atoms with Gasteiger partial charge in [-0.05, 0) is 11.6 Å². The maximum Gasteiger partial charge on any atom is 0.266 e. The molecule has 0 atom stereocenters. The Morgan fingerprint density at radius 3 is 2.85 bits per heavy atom. The molecule has 0 aliphatic carbocycles. The van der Waals surface area contributed by atoms with E-state index in [9.17, 15) is 0 Å². The van der Waals surface area contributed by atoms with E-state index in [1.807, 2.05) is 0 Å². The summed E-state index contributed by atoms with van der Waals surface area (Å²) >= 11 is 0. The third kappa shape index (κ3) is 2.96. The first-order valence-corrected chi connectivity index (χ1v) is 6.99. The number of nitrogens with zero attached hydrogens (tertiary/aromatic N) is 6. The second-order valence-corrected chi connectivity index (χ2v) is 4.93. The Labute approximate surface area is 117 Å². The van der Waals surface area contributed by atoms with Gasteiger partial charge < -0.3 is 9.42 Å².